The van der Waals surface area contributed by atoms with Gasteiger partial charge >= 0.3 is 0 Å². The third kappa shape index (κ3) is 2.91. The van der Waals surface area contributed by atoms with Crippen LogP contribution in [0.3, 0.4) is 0 Å². The van der Waals surface area contributed by atoms with E-state index in [1.165, 1.54) is 5.56 Å². The van der Waals surface area contributed by atoms with Crippen molar-refractivity contribution < 1.29 is 0 Å². The molecule has 1 N–H and O–H groups in total. The number of hydrogen-bond acceptors (Lipinski definition) is 3. The second-order valence-electron chi connectivity index (χ2n) is 4.06. The summed E-state index contributed by atoms with van der Waals surface area (Å²) in [5, 5.41) is 4.19. The van der Waals surface area contributed by atoms with Crippen LogP contribution in [0, 0.1) is 0 Å². The van der Waals surface area contributed by atoms with Crippen molar-refractivity contribution in [2.45, 2.75) is 19.5 Å². The van der Waals surface area contributed by atoms with Crippen molar-refractivity contribution in [3.63, 3.8) is 0 Å². The van der Waals surface area contributed by atoms with Crippen molar-refractivity contribution in [1.29, 1.82) is 0 Å². The zero-order valence-electron chi connectivity index (χ0n) is 8.91. The summed E-state index contributed by atoms with van der Waals surface area (Å²) in [5.74, 6) is 0. The summed E-state index contributed by atoms with van der Waals surface area (Å²) >= 11 is 6.08. The molecule has 0 radical (unpaired) electrons. The van der Waals surface area contributed by atoms with Crippen LogP contribution in [-0.4, -0.2) is 35.6 Å². The van der Waals surface area contributed by atoms with E-state index in [2.05, 4.69) is 22.1 Å². The van der Waals surface area contributed by atoms with E-state index >= 15 is 0 Å². The summed E-state index contributed by atoms with van der Waals surface area (Å²) in [4.78, 5) is 6.41. The summed E-state index contributed by atoms with van der Waals surface area (Å²) < 4.78 is 0. The monoisotopic (exact) mass is 225 g/mol. The minimum absolute atomic E-state index is 0.569. The van der Waals surface area contributed by atoms with Gasteiger partial charge in [-0.2, -0.15) is 0 Å². The summed E-state index contributed by atoms with van der Waals surface area (Å²) in [7, 11) is 0. The predicted molar refractivity (Wildman–Crippen MR) is 62.0 cm³/mol. The molecule has 0 spiro atoms. The second-order valence-corrected chi connectivity index (χ2v) is 4.46. The molecule has 2 heterocycles. The molecule has 0 amide bonds. The number of aromatic nitrogens is 1. The molecule has 2 rings (SSSR count). The second kappa shape index (κ2) is 4.92. The third-order valence-electron chi connectivity index (χ3n) is 2.70. The average Bonchev–Trinajstić information content (AvgIpc) is 2.22. The highest BCUT2D eigenvalue weighted by Gasteiger charge is 2.16. The quantitative estimate of drug-likeness (QED) is 0.828. The standard InChI is InChI=1S/C11H16ClN3/c1-9-7-15(5-4-14-9)8-10-2-3-13-6-11(10)12/h2-3,6,9,14H,4-5,7-8H2,1H3. The van der Waals surface area contributed by atoms with E-state index in [-0.39, 0.29) is 0 Å². The molecule has 0 aromatic carbocycles. The first-order chi connectivity index (χ1) is 7.25. The summed E-state index contributed by atoms with van der Waals surface area (Å²) in [6.07, 6.45) is 3.51. The van der Waals surface area contributed by atoms with Crippen LogP contribution in [0.25, 0.3) is 0 Å². The fourth-order valence-corrected chi connectivity index (χ4v) is 2.11. The zero-order chi connectivity index (χ0) is 10.7. The van der Waals surface area contributed by atoms with Crippen molar-refractivity contribution in [2.24, 2.45) is 0 Å². The molecule has 1 aromatic rings. The first-order valence-corrected chi connectivity index (χ1v) is 5.67. The Morgan fingerprint density at radius 1 is 1.67 bits per heavy atom. The lowest BCUT2D eigenvalue weighted by atomic mass is 10.2. The first-order valence-electron chi connectivity index (χ1n) is 5.30. The molecule has 1 saturated heterocycles. The van der Waals surface area contributed by atoms with Crippen molar-refractivity contribution in [3.8, 4) is 0 Å². The maximum absolute atomic E-state index is 6.08. The molecule has 0 aliphatic carbocycles. The SMILES string of the molecule is CC1CN(Cc2ccncc2Cl)CCN1. The molecule has 0 saturated carbocycles. The molecule has 0 bridgehead atoms. The molecular formula is C11H16ClN3. The van der Waals surface area contributed by atoms with E-state index in [4.69, 9.17) is 11.6 Å². The Morgan fingerprint density at radius 2 is 2.53 bits per heavy atom. The van der Waals surface area contributed by atoms with E-state index in [1.807, 2.05) is 6.07 Å². The van der Waals surface area contributed by atoms with Gasteiger partial charge in [-0.05, 0) is 18.6 Å². The van der Waals surface area contributed by atoms with Crippen molar-refractivity contribution in [1.82, 2.24) is 15.2 Å². The number of halogens is 1. The van der Waals surface area contributed by atoms with Crippen LogP contribution in [0.2, 0.25) is 5.02 Å². The van der Waals surface area contributed by atoms with Crippen LogP contribution in [0.4, 0.5) is 0 Å². The Kier molecular flexibility index (Phi) is 3.57. The minimum atomic E-state index is 0.569. The number of piperazine rings is 1. The summed E-state index contributed by atoms with van der Waals surface area (Å²) in [6, 6.07) is 2.56. The fraction of sp³-hybridized carbons (Fsp3) is 0.545. The molecule has 1 aliphatic rings. The van der Waals surface area contributed by atoms with Crippen LogP contribution >= 0.6 is 11.6 Å². The lowest BCUT2D eigenvalue weighted by molar-refractivity contribution is 0.199. The average molecular weight is 226 g/mol. The van der Waals surface area contributed by atoms with Crippen molar-refractivity contribution >= 4 is 11.6 Å². The van der Waals surface area contributed by atoms with Gasteiger partial charge in [0.05, 0.1) is 5.02 Å². The maximum Gasteiger partial charge on any atom is 0.0634 e. The minimum Gasteiger partial charge on any atom is -0.312 e. The van der Waals surface area contributed by atoms with Gasteiger partial charge < -0.3 is 5.32 Å². The van der Waals surface area contributed by atoms with Gasteiger partial charge in [-0.3, -0.25) is 9.88 Å². The van der Waals surface area contributed by atoms with E-state index in [1.54, 1.807) is 12.4 Å². The summed E-state index contributed by atoms with van der Waals surface area (Å²) in [5.41, 5.74) is 1.17. The van der Waals surface area contributed by atoms with E-state index in [0.717, 1.165) is 31.2 Å². The topological polar surface area (TPSA) is 28.2 Å². The molecular weight excluding hydrogens is 210 g/mol. The van der Waals surface area contributed by atoms with Gasteiger partial charge in [0.15, 0.2) is 0 Å². The number of hydrogen-bond donors (Lipinski definition) is 1. The molecule has 1 aromatic heterocycles. The Labute approximate surface area is 95.4 Å². The zero-order valence-corrected chi connectivity index (χ0v) is 9.67. The van der Waals surface area contributed by atoms with Crippen molar-refractivity contribution in [3.05, 3.63) is 29.0 Å². The van der Waals surface area contributed by atoms with Crippen LogP contribution in [0.1, 0.15) is 12.5 Å². The van der Waals surface area contributed by atoms with Crippen LogP contribution in [0.5, 0.6) is 0 Å². The van der Waals surface area contributed by atoms with Gasteiger partial charge in [-0.15, -0.1) is 0 Å². The lowest BCUT2D eigenvalue weighted by Crippen LogP contribution is -2.48. The van der Waals surface area contributed by atoms with E-state index in [0.29, 0.717) is 6.04 Å². The Hall–Kier alpha value is -0.640. The van der Waals surface area contributed by atoms with E-state index in [9.17, 15) is 0 Å². The molecule has 82 valence electrons. The van der Waals surface area contributed by atoms with Crippen LogP contribution < -0.4 is 5.32 Å². The highest BCUT2D eigenvalue weighted by atomic mass is 35.5. The number of rotatable bonds is 2. The van der Waals surface area contributed by atoms with Gasteiger partial charge in [0, 0.05) is 44.6 Å². The molecule has 1 fully saturated rings. The van der Waals surface area contributed by atoms with Gasteiger partial charge in [0.2, 0.25) is 0 Å². The molecule has 4 heteroatoms. The van der Waals surface area contributed by atoms with Gasteiger partial charge in [0.25, 0.3) is 0 Å². The van der Waals surface area contributed by atoms with Gasteiger partial charge in [-0.1, -0.05) is 11.6 Å². The van der Waals surface area contributed by atoms with Crippen molar-refractivity contribution in [2.75, 3.05) is 19.6 Å². The maximum atomic E-state index is 6.08. The molecule has 1 aliphatic heterocycles. The third-order valence-corrected chi connectivity index (χ3v) is 3.04. The normalized spacial score (nSPS) is 22.9. The highest BCUT2D eigenvalue weighted by molar-refractivity contribution is 6.31. The fourth-order valence-electron chi connectivity index (χ4n) is 1.93. The largest absolute Gasteiger partial charge is 0.312 e. The number of nitrogens with zero attached hydrogens (tertiary/aromatic N) is 2. The van der Waals surface area contributed by atoms with Gasteiger partial charge in [-0.25, -0.2) is 0 Å². The van der Waals surface area contributed by atoms with E-state index < -0.39 is 0 Å². The molecule has 3 nitrogen and oxygen atoms in total. The smallest absolute Gasteiger partial charge is 0.0634 e. The Morgan fingerprint density at radius 3 is 3.27 bits per heavy atom. The lowest BCUT2D eigenvalue weighted by Gasteiger charge is -2.31. The number of nitrogens with one attached hydrogen (secondary N) is 1. The number of pyridine rings is 1. The highest BCUT2D eigenvalue weighted by Crippen LogP contribution is 2.16. The van der Waals surface area contributed by atoms with Crippen LogP contribution in [-0.2, 0) is 6.54 Å². The molecule has 15 heavy (non-hydrogen) atoms. The Balaban J connectivity index is 1.99. The predicted octanol–water partition coefficient (Wildman–Crippen LogP) is 1.53. The molecule has 1 atom stereocenters. The van der Waals surface area contributed by atoms with Crippen LogP contribution in [0.15, 0.2) is 18.5 Å². The molecule has 1 unspecified atom stereocenters. The Bertz CT molecular complexity index is 329. The first kappa shape index (κ1) is 10.9. The summed E-state index contributed by atoms with van der Waals surface area (Å²) in [6.45, 7) is 6.36. The van der Waals surface area contributed by atoms with Gasteiger partial charge in [0.1, 0.15) is 0 Å².